The summed E-state index contributed by atoms with van der Waals surface area (Å²) in [5.74, 6) is 1.02. The summed E-state index contributed by atoms with van der Waals surface area (Å²) in [5, 5.41) is 11.1. The van der Waals surface area contributed by atoms with Gasteiger partial charge in [-0.1, -0.05) is 17.7 Å². The number of methoxy groups -OCH3 is 1. The van der Waals surface area contributed by atoms with Crippen molar-refractivity contribution in [2.45, 2.75) is 6.92 Å². The van der Waals surface area contributed by atoms with E-state index in [0.29, 0.717) is 11.5 Å². The van der Waals surface area contributed by atoms with Crippen LogP contribution in [0.25, 0.3) is 11.3 Å². The highest BCUT2D eigenvalue weighted by Gasteiger charge is 2.08. The van der Waals surface area contributed by atoms with E-state index >= 15 is 0 Å². The summed E-state index contributed by atoms with van der Waals surface area (Å²) in [7, 11) is 1.59. The van der Waals surface area contributed by atoms with E-state index < -0.39 is 0 Å². The molecule has 0 saturated carbocycles. The minimum atomic E-state index is -0.306. The number of aromatic nitrogens is 3. The predicted molar refractivity (Wildman–Crippen MR) is 89.1 cm³/mol. The Labute approximate surface area is 133 Å². The second-order valence-electron chi connectivity index (χ2n) is 5.07. The van der Waals surface area contributed by atoms with Crippen LogP contribution in [0, 0.1) is 6.92 Å². The number of H-pyrrole nitrogens is 1. The Morgan fingerprint density at radius 2 is 1.70 bits per heavy atom. The van der Waals surface area contributed by atoms with Crippen molar-refractivity contribution in [1.29, 1.82) is 0 Å². The first kappa shape index (κ1) is 14.8. The minimum absolute atomic E-state index is 0.266. The number of ether oxygens (including phenoxy) is 1. The first-order valence-electron chi connectivity index (χ1n) is 7.11. The highest BCUT2D eigenvalue weighted by molar-refractivity contribution is 5.60. The van der Waals surface area contributed by atoms with Crippen molar-refractivity contribution >= 4 is 11.6 Å². The Bertz CT molecular complexity index is 855. The van der Waals surface area contributed by atoms with Crippen molar-refractivity contribution in [3.63, 3.8) is 0 Å². The zero-order chi connectivity index (χ0) is 16.2. The molecule has 2 aromatic carbocycles. The molecule has 0 saturated heterocycles. The maximum Gasteiger partial charge on any atom is 0.279 e. The van der Waals surface area contributed by atoms with E-state index in [-0.39, 0.29) is 11.3 Å². The molecule has 0 radical (unpaired) electrons. The van der Waals surface area contributed by atoms with Crippen LogP contribution in [0.2, 0.25) is 0 Å². The number of benzene rings is 2. The lowest BCUT2D eigenvalue weighted by molar-refractivity contribution is 0.415. The van der Waals surface area contributed by atoms with Crippen LogP contribution in [0.15, 0.2) is 53.3 Å². The highest BCUT2D eigenvalue weighted by atomic mass is 16.5. The molecule has 0 aliphatic heterocycles. The van der Waals surface area contributed by atoms with Gasteiger partial charge in [0.25, 0.3) is 5.56 Å². The van der Waals surface area contributed by atoms with E-state index in [1.165, 1.54) is 0 Å². The van der Waals surface area contributed by atoms with Crippen LogP contribution in [0.4, 0.5) is 11.6 Å². The van der Waals surface area contributed by atoms with Gasteiger partial charge >= 0.3 is 0 Å². The molecular formula is C17H16N4O2. The van der Waals surface area contributed by atoms with Crippen LogP contribution >= 0.6 is 0 Å². The van der Waals surface area contributed by atoms with Gasteiger partial charge in [-0.3, -0.25) is 9.78 Å². The van der Waals surface area contributed by atoms with Crippen molar-refractivity contribution in [2.24, 2.45) is 0 Å². The maximum absolute atomic E-state index is 12.2. The van der Waals surface area contributed by atoms with Gasteiger partial charge < -0.3 is 10.1 Å². The van der Waals surface area contributed by atoms with Crippen LogP contribution < -0.4 is 15.6 Å². The second kappa shape index (κ2) is 6.31. The Morgan fingerprint density at radius 3 is 2.30 bits per heavy atom. The number of aromatic amines is 1. The Kier molecular flexibility index (Phi) is 4.05. The fraction of sp³-hybridized carbons (Fsp3) is 0.118. The molecule has 0 spiro atoms. The number of anilines is 2. The third-order valence-corrected chi connectivity index (χ3v) is 3.37. The Balaban J connectivity index is 1.85. The molecule has 23 heavy (non-hydrogen) atoms. The van der Waals surface area contributed by atoms with Crippen LogP contribution in [0.3, 0.4) is 0 Å². The molecule has 0 unspecified atom stereocenters. The third-order valence-electron chi connectivity index (χ3n) is 3.37. The molecule has 0 atom stereocenters. The number of aryl methyl sites for hydroxylation is 1. The van der Waals surface area contributed by atoms with Gasteiger partial charge in [0.1, 0.15) is 5.75 Å². The molecule has 1 heterocycles. The fourth-order valence-electron chi connectivity index (χ4n) is 2.10. The summed E-state index contributed by atoms with van der Waals surface area (Å²) in [6, 6.07) is 14.8. The third kappa shape index (κ3) is 3.37. The average molecular weight is 308 g/mol. The minimum Gasteiger partial charge on any atom is -0.497 e. The number of hydrogen-bond donors (Lipinski definition) is 2. The fourth-order valence-corrected chi connectivity index (χ4v) is 2.10. The molecule has 0 aliphatic rings. The van der Waals surface area contributed by atoms with Gasteiger partial charge in [0, 0.05) is 11.3 Å². The molecule has 6 heteroatoms. The predicted octanol–water partition coefficient (Wildman–Crippen LogP) is 2.89. The lowest BCUT2D eigenvalue weighted by atomic mass is 10.1. The molecular weight excluding hydrogens is 292 g/mol. The van der Waals surface area contributed by atoms with Crippen molar-refractivity contribution in [3.05, 3.63) is 64.4 Å². The molecule has 6 nitrogen and oxygen atoms in total. The summed E-state index contributed by atoms with van der Waals surface area (Å²) in [6.45, 7) is 2.01. The normalized spacial score (nSPS) is 10.3. The molecule has 3 aromatic rings. The SMILES string of the molecule is COc1ccc(-c2nnc(Nc3ccc(C)cc3)[nH]c2=O)cc1. The van der Waals surface area contributed by atoms with Gasteiger partial charge in [-0.05, 0) is 43.3 Å². The van der Waals surface area contributed by atoms with Crippen molar-refractivity contribution in [3.8, 4) is 17.0 Å². The van der Waals surface area contributed by atoms with E-state index in [1.807, 2.05) is 31.2 Å². The highest BCUT2D eigenvalue weighted by Crippen LogP contribution is 2.18. The summed E-state index contributed by atoms with van der Waals surface area (Å²) >= 11 is 0. The lowest BCUT2D eigenvalue weighted by Gasteiger charge is -2.06. The van der Waals surface area contributed by atoms with Crippen molar-refractivity contribution < 1.29 is 4.74 Å². The van der Waals surface area contributed by atoms with Crippen LogP contribution in [-0.4, -0.2) is 22.3 Å². The standard InChI is InChI=1S/C17H16N4O2/c1-11-3-7-13(8-4-11)18-17-19-16(22)15(20-21-17)12-5-9-14(23-2)10-6-12/h3-10H,1-2H3,(H2,18,19,21,22). The molecule has 1 aromatic heterocycles. The summed E-state index contributed by atoms with van der Waals surface area (Å²) < 4.78 is 5.10. The number of rotatable bonds is 4. The van der Waals surface area contributed by atoms with E-state index in [9.17, 15) is 4.79 Å². The molecule has 2 N–H and O–H groups in total. The molecule has 0 amide bonds. The second-order valence-corrected chi connectivity index (χ2v) is 5.07. The first-order chi connectivity index (χ1) is 11.2. The molecule has 0 bridgehead atoms. The van der Waals surface area contributed by atoms with E-state index in [4.69, 9.17) is 4.74 Å². The maximum atomic E-state index is 12.2. The van der Waals surface area contributed by atoms with Gasteiger partial charge in [0.05, 0.1) is 7.11 Å². The topological polar surface area (TPSA) is 79.9 Å². The molecule has 116 valence electrons. The molecule has 0 aliphatic carbocycles. The van der Waals surface area contributed by atoms with E-state index in [2.05, 4.69) is 20.5 Å². The van der Waals surface area contributed by atoms with Crippen molar-refractivity contribution in [1.82, 2.24) is 15.2 Å². The van der Waals surface area contributed by atoms with Crippen LogP contribution in [0.1, 0.15) is 5.56 Å². The average Bonchev–Trinajstić information content (AvgIpc) is 2.57. The van der Waals surface area contributed by atoms with Crippen LogP contribution in [0.5, 0.6) is 5.75 Å². The summed E-state index contributed by atoms with van der Waals surface area (Å²) in [6.07, 6.45) is 0. The van der Waals surface area contributed by atoms with Gasteiger partial charge in [-0.25, -0.2) is 0 Å². The number of nitrogens with one attached hydrogen (secondary N) is 2. The monoisotopic (exact) mass is 308 g/mol. The number of nitrogens with zero attached hydrogens (tertiary/aromatic N) is 2. The Hall–Kier alpha value is -3.15. The van der Waals surface area contributed by atoms with Gasteiger partial charge in [0.2, 0.25) is 5.95 Å². The zero-order valence-corrected chi connectivity index (χ0v) is 12.8. The molecule has 0 fully saturated rings. The van der Waals surface area contributed by atoms with E-state index in [0.717, 1.165) is 17.0 Å². The van der Waals surface area contributed by atoms with Gasteiger partial charge in [0.15, 0.2) is 5.69 Å². The van der Waals surface area contributed by atoms with E-state index in [1.54, 1.807) is 31.4 Å². The largest absolute Gasteiger partial charge is 0.497 e. The van der Waals surface area contributed by atoms with Crippen LogP contribution in [-0.2, 0) is 0 Å². The summed E-state index contributed by atoms with van der Waals surface area (Å²) in [5.41, 5.74) is 2.63. The molecule has 3 rings (SSSR count). The first-order valence-corrected chi connectivity index (χ1v) is 7.11. The smallest absolute Gasteiger partial charge is 0.279 e. The zero-order valence-electron chi connectivity index (χ0n) is 12.8. The quantitative estimate of drug-likeness (QED) is 0.774. The van der Waals surface area contributed by atoms with Gasteiger partial charge in [-0.2, -0.15) is 0 Å². The van der Waals surface area contributed by atoms with Gasteiger partial charge in [-0.15, -0.1) is 10.2 Å². The van der Waals surface area contributed by atoms with Crippen molar-refractivity contribution in [2.75, 3.05) is 12.4 Å². The number of hydrogen-bond acceptors (Lipinski definition) is 5. The Morgan fingerprint density at radius 1 is 1.00 bits per heavy atom. The lowest BCUT2D eigenvalue weighted by Crippen LogP contribution is -2.15. The summed E-state index contributed by atoms with van der Waals surface area (Å²) in [4.78, 5) is 14.9.